The Morgan fingerprint density at radius 3 is 2.62 bits per heavy atom. The van der Waals surface area contributed by atoms with E-state index in [0.717, 1.165) is 0 Å². The van der Waals surface area contributed by atoms with Crippen molar-refractivity contribution in [3.63, 3.8) is 0 Å². The van der Waals surface area contributed by atoms with Gasteiger partial charge in [-0.3, -0.25) is 19.9 Å². The SMILES string of the molecule is CC(C)(C)OC(=O)N1CCC(O)(CNC(=O)c2cc(Cl)c([N+](=O)[O-])c3cccnc23)CC1. The highest BCUT2D eigenvalue weighted by Gasteiger charge is 2.36. The second-order valence-corrected chi connectivity index (χ2v) is 9.19. The lowest BCUT2D eigenvalue weighted by molar-refractivity contribution is -0.382. The van der Waals surface area contributed by atoms with Gasteiger partial charge in [-0.2, -0.15) is 0 Å². The molecule has 0 spiro atoms. The Kier molecular flexibility index (Phi) is 6.56. The van der Waals surface area contributed by atoms with Gasteiger partial charge in [0.1, 0.15) is 10.6 Å². The summed E-state index contributed by atoms with van der Waals surface area (Å²) in [6, 6.07) is 4.21. The van der Waals surface area contributed by atoms with E-state index < -0.39 is 28.1 Å². The molecule has 2 aromatic rings. The number of rotatable bonds is 4. The van der Waals surface area contributed by atoms with Crippen LogP contribution in [0.15, 0.2) is 24.4 Å². The fourth-order valence-electron chi connectivity index (χ4n) is 3.51. The molecule has 1 saturated heterocycles. The Hall–Kier alpha value is -2.98. The Balaban J connectivity index is 1.69. The van der Waals surface area contributed by atoms with Crippen LogP contribution in [0.1, 0.15) is 44.0 Å². The number of piperidine rings is 1. The van der Waals surface area contributed by atoms with Crippen molar-refractivity contribution in [2.45, 2.75) is 44.8 Å². The van der Waals surface area contributed by atoms with Crippen molar-refractivity contribution in [3.05, 3.63) is 45.1 Å². The van der Waals surface area contributed by atoms with E-state index in [0.29, 0.717) is 0 Å². The number of nitrogens with one attached hydrogen (secondary N) is 1. The molecule has 2 amide bonds. The van der Waals surface area contributed by atoms with Crippen molar-refractivity contribution in [1.82, 2.24) is 15.2 Å². The van der Waals surface area contributed by atoms with Gasteiger partial charge in [0.2, 0.25) is 0 Å². The van der Waals surface area contributed by atoms with Crippen molar-refractivity contribution < 1.29 is 24.4 Å². The molecule has 11 heteroatoms. The van der Waals surface area contributed by atoms with Crippen molar-refractivity contribution in [3.8, 4) is 0 Å². The summed E-state index contributed by atoms with van der Waals surface area (Å²) in [5.74, 6) is -0.562. The molecule has 2 heterocycles. The van der Waals surface area contributed by atoms with Gasteiger partial charge in [-0.15, -0.1) is 0 Å². The highest BCUT2D eigenvalue weighted by Crippen LogP contribution is 2.34. The molecule has 0 bridgehead atoms. The maximum absolute atomic E-state index is 12.8. The first-order valence-corrected chi connectivity index (χ1v) is 10.5. The predicted molar refractivity (Wildman–Crippen MR) is 118 cm³/mol. The predicted octanol–water partition coefficient (Wildman–Crippen LogP) is 3.29. The molecule has 0 unspecified atom stereocenters. The Bertz CT molecular complexity index is 1060. The zero-order chi connectivity index (χ0) is 23.7. The largest absolute Gasteiger partial charge is 0.444 e. The first-order valence-electron chi connectivity index (χ1n) is 10.1. The van der Waals surface area contributed by atoms with Crippen LogP contribution in [0.3, 0.4) is 0 Å². The number of nitrogens with zero attached hydrogens (tertiary/aromatic N) is 3. The number of fused-ring (bicyclic) bond motifs is 1. The minimum Gasteiger partial charge on any atom is -0.444 e. The number of aliphatic hydroxyl groups is 1. The summed E-state index contributed by atoms with van der Waals surface area (Å²) < 4.78 is 5.35. The molecule has 10 nitrogen and oxygen atoms in total. The second-order valence-electron chi connectivity index (χ2n) is 8.79. The average molecular weight is 465 g/mol. The Labute approximate surface area is 189 Å². The lowest BCUT2D eigenvalue weighted by Crippen LogP contribution is -2.52. The lowest BCUT2D eigenvalue weighted by Gasteiger charge is -2.38. The summed E-state index contributed by atoms with van der Waals surface area (Å²) in [6.45, 7) is 5.86. The zero-order valence-electron chi connectivity index (χ0n) is 18.1. The number of carbonyl (C=O) groups is 2. The molecule has 1 aliphatic heterocycles. The standard InChI is InChI=1S/C21H25ClN4O6/c1-20(2,3)32-19(28)25-9-6-21(29,7-10-25)12-24-18(27)14-11-15(22)17(26(30)31)13-5-4-8-23-16(13)14/h4-5,8,11,29H,6-7,9-10,12H2,1-3H3,(H,24,27). The van der Waals surface area contributed by atoms with Crippen LogP contribution < -0.4 is 5.32 Å². The number of nitro groups is 1. The molecule has 172 valence electrons. The van der Waals surface area contributed by atoms with E-state index in [4.69, 9.17) is 16.3 Å². The molecule has 0 saturated carbocycles. The third-order valence-corrected chi connectivity index (χ3v) is 5.45. The number of nitro benzene ring substituents is 1. The highest BCUT2D eigenvalue weighted by atomic mass is 35.5. The van der Waals surface area contributed by atoms with Crippen LogP contribution in [0.4, 0.5) is 10.5 Å². The number of ether oxygens (including phenoxy) is 1. The van der Waals surface area contributed by atoms with Gasteiger partial charge in [0.15, 0.2) is 0 Å². The molecule has 0 atom stereocenters. The van der Waals surface area contributed by atoms with Gasteiger partial charge < -0.3 is 20.1 Å². The fraction of sp³-hybridized carbons (Fsp3) is 0.476. The molecule has 3 rings (SSSR count). The lowest BCUT2D eigenvalue weighted by atomic mass is 9.91. The van der Waals surface area contributed by atoms with E-state index in [2.05, 4.69) is 10.3 Å². The Morgan fingerprint density at radius 1 is 1.38 bits per heavy atom. The van der Waals surface area contributed by atoms with Gasteiger partial charge in [0.05, 0.1) is 27.0 Å². The van der Waals surface area contributed by atoms with E-state index in [9.17, 15) is 24.8 Å². The summed E-state index contributed by atoms with van der Waals surface area (Å²) in [5.41, 5.74) is -1.91. The topological polar surface area (TPSA) is 135 Å². The molecule has 2 N–H and O–H groups in total. The van der Waals surface area contributed by atoms with E-state index in [1.54, 1.807) is 20.8 Å². The fourth-order valence-corrected chi connectivity index (χ4v) is 3.79. The minimum absolute atomic E-state index is 0.0586. The van der Waals surface area contributed by atoms with Gasteiger partial charge in [-0.25, -0.2) is 4.79 Å². The van der Waals surface area contributed by atoms with E-state index in [1.807, 2.05) is 0 Å². The highest BCUT2D eigenvalue weighted by molar-refractivity contribution is 6.35. The number of likely N-dealkylation sites (tertiary alicyclic amines) is 1. The second kappa shape index (κ2) is 8.87. The van der Waals surface area contributed by atoms with Crippen molar-refractivity contribution in [1.29, 1.82) is 0 Å². The molecule has 1 fully saturated rings. The van der Waals surface area contributed by atoms with Gasteiger partial charge in [0, 0.05) is 25.8 Å². The molecule has 0 radical (unpaired) electrons. The number of halogens is 1. The van der Waals surface area contributed by atoms with Crippen molar-refractivity contribution in [2.75, 3.05) is 19.6 Å². The van der Waals surface area contributed by atoms with Gasteiger partial charge in [-0.05, 0) is 51.8 Å². The Morgan fingerprint density at radius 2 is 2.03 bits per heavy atom. The van der Waals surface area contributed by atoms with E-state index in [1.165, 1.54) is 29.3 Å². The number of amides is 2. The van der Waals surface area contributed by atoms with Crippen molar-refractivity contribution >= 4 is 40.2 Å². The normalized spacial score (nSPS) is 16.0. The first-order chi connectivity index (χ1) is 14.9. The van der Waals surface area contributed by atoms with Crippen LogP contribution in [-0.2, 0) is 4.74 Å². The van der Waals surface area contributed by atoms with E-state index in [-0.39, 0.29) is 59.7 Å². The molecule has 1 aromatic heterocycles. The number of hydrogen-bond acceptors (Lipinski definition) is 7. The number of hydrogen-bond donors (Lipinski definition) is 2. The quantitative estimate of drug-likeness (QED) is 0.523. The maximum Gasteiger partial charge on any atom is 0.410 e. The average Bonchev–Trinajstić information content (AvgIpc) is 2.70. The smallest absolute Gasteiger partial charge is 0.410 e. The minimum atomic E-state index is -1.21. The number of benzene rings is 1. The maximum atomic E-state index is 12.8. The van der Waals surface area contributed by atoms with Gasteiger partial charge in [0.25, 0.3) is 11.6 Å². The molecular weight excluding hydrogens is 440 g/mol. The van der Waals surface area contributed by atoms with Crippen LogP contribution in [0.5, 0.6) is 0 Å². The summed E-state index contributed by atoms with van der Waals surface area (Å²) in [6.07, 6.45) is 1.50. The van der Waals surface area contributed by atoms with Gasteiger partial charge in [-0.1, -0.05) is 11.6 Å². The molecule has 0 aliphatic carbocycles. The summed E-state index contributed by atoms with van der Waals surface area (Å²) in [7, 11) is 0. The van der Waals surface area contributed by atoms with Crippen molar-refractivity contribution in [2.24, 2.45) is 0 Å². The molecule has 1 aliphatic rings. The number of aromatic nitrogens is 1. The van der Waals surface area contributed by atoms with Crippen LogP contribution in [-0.4, -0.2) is 62.8 Å². The monoisotopic (exact) mass is 464 g/mol. The zero-order valence-corrected chi connectivity index (χ0v) is 18.8. The summed E-state index contributed by atoms with van der Waals surface area (Å²) >= 11 is 6.07. The van der Waals surface area contributed by atoms with Crippen LogP contribution in [0, 0.1) is 10.1 Å². The summed E-state index contributed by atoms with van der Waals surface area (Å²) in [4.78, 5) is 41.4. The summed E-state index contributed by atoms with van der Waals surface area (Å²) in [5, 5.41) is 24.9. The van der Waals surface area contributed by atoms with E-state index >= 15 is 0 Å². The third kappa shape index (κ3) is 5.25. The van der Waals surface area contributed by atoms with Gasteiger partial charge >= 0.3 is 6.09 Å². The number of pyridine rings is 1. The first kappa shape index (κ1) is 23.7. The third-order valence-electron chi connectivity index (χ3n) is 5.17. The van der Waals surface area contributed by atoms with Crippen LogP contribution >= 0.6 is 11.6 Å². The molecular formula is C21H25ClN4O6. The molecule has 1 aromatic carbocycles. The van der Waals surface area contributed by atoms with Crippen LogP contribution in [0.25, 0.3) is 10.9 Å². The molecule has 32 heavy (non-hydrogen) atoms. The number of carbonyl (C=O) groups excluding carboxylic acids is 2. The van der Waals surface area contributed by atoms with Crippen LogP contribution in [0.2, 0.25) is 5.02 Å².